The fraction of sp³-hybridized carbons (Fsp3) is 0.667. The first-order valence-electron chi connectivity index (χ1n) is 7.55. The smallest absolute Gasteiger partial charge is 0.270 e. The first kappa shape index (κ1) is 14.4. The summed E-state index contributed by atoms with van der Waals surface area (Å²) in [6.07, 6.45) is 3.29. The highest BCUT2D eigenvalue weighted by Gasteiger charge is 2.41. The summed E-state index contributed by atoms with van der Waals surface area (Å²) in [6.45, 7) is 6.70. The van der Waals surface area contributed by atoms with E-state index in [9.17, 15) is 4.79 Å². The lowest BCUT2D eigenvalue weighted by Crippen LogP contribution is -2.47. The third-order valence-corrected chi connectivity index (χ3v) is 4.27. The maximum atomic E-state index is 12.7. The monoisotopic (exact) mass is 293 g/mol. The van der Waals surface area contributed by atoms with Crippen molar-refractivity contribution in [3.63, 3.8) is 0 Å². The molecule has 1 aromatic rings. The zero-order chi connectivity index (χ0) is 15.0. The summed E-state index contributed by atoms with van der Waals surface area (Å²) >= 11 is 0. The molecule has 6 nitrogen and oxygen atoms in total. The standard InChI is InChI=1S/C15H23N3O3/c1-11(2)18-10-12(16)9-13(18)14(19)17-5-3-15(4-6-17)20-7-8-21-15/h9-11H,3-8,16H2,1-2H3. The number of carbonyl (C=O) groups excluding carboxylic acids is 1. The van der Waals surface area contributed by atoms with Crippen LogP contribution in [-0.2, 0) is 9.47 Å². The highest BCUT2D eigenvalue weighted by Crippen LogP contribution is 2.32. The molecule has 3 rings (SSSR count). The summed E-state index contributed by atoms with van der Waals surface area (Å²) in [5.74, 6) is -0.413. The number of hydrogen-bond donors (Lipinski definition) is 1. The number of likely N-dealkylation sites (tertiary alicyclic amines) is 1. The normalized spacial score (nSPS) is 21.4. The van der Waals surface area contributed by atoms with Crippen LogP contribution in [0.2, 0.25) is 0 Å². The zero-order valence-electron chi connectivity index (χ0n) is 12.7. The number of hydrogen-bond acceptors (Lipinski definition) is 4. The molecule has 0 saturated carbocycles. The average molecular weight is 293 g/mol. The molecule has 116 valence electrons. The van der Waals surface area contributed by atoms with Crippen molar-refractivity contribution in [1.82, 2.24) is 9.47 Å². The van der Waals surface area contributed by atoms with Gasteiger partial charge in [-0.1, -0.05) is 0 Å². The van der Waals surface area contributed by atoms with Crippen LogP contribution < -0.4 is 5.73 Å². The molecule has 0 radical (unpaired) electrons. The molecule has 1 aromatic heterocycles. The van der Waals surface area contributed by atoms with E-state index >= 15 is 0 Å². The number of anilines is 1. The van der Waals surface area contributed by atoms with E-state index in [4.69, 9.17) is 15.2 Å². The van der Waals surface area contributed by atoms with Gasteiger partial charge in [-0.2, -0.15) is 0 Å². The SMILES string of the molecule is CC(C)n1cc(N)cc1C(=O)N1CCC2(CC1)OCCO2. The Kier molecular flexibility index (Phi) is 3.67. The fourth-order valence-corrected chi connectivity index (χ4v) is 3.10. The number of nitrogens with zero attached hydrogens (tertiary/aromatic N) is 2. The van der Waals surface area contributed by atoms with Crippen LogP contribution in [-0.4, -0.2) is 47.5 Å². The minimum atomic E-state index is -0.449. The molecule has 2 aliphatic rings. The second-order valence-electron chi connectivity index (χ2n) is 6.06. The van der Waals surface area contributed by atoms with Crippen molar-refractivity contribution in [1.29, 1.82) is 0 Å². The Balaban J connectivity index is 1.72. The quantitative estimate of drug-likeness (QED) is 0.900. The molecule has 1 spiro atoms. The minimum absolute atomic E-state index is 0.0354. The van der Waals surface area contributed by atoms with E-state index in [1.54, 1.807) is 6.07 Å². The second-order valence-corrected chi connectivity index (χ2v) is 6.06. The average Bonchev–Trinajstić information content (AvgIpc) is 3.06. The maximum absolute atomic E-state index is 12.7. The topological polar surface area (TPSA) is 69.7 Å². The molecule has 3 heterocycles. The van der Waals surface area contributed by atoms with Crippen molar-refractivity contribution in [3.05, 3.63) is 18.0 Å². The van der Waals surface area contributed by atoms with Crippen molar-refractivity contribution in [3.8, 4) is 0 Å². The third-order valence-electron chi connectivity index (χ3n) is 4.27. The molecule has 6 heteroatoms. The first-order valence-corrected chi connectivity index (χ1v) is 7.55. The Labute approximate surface area is 124 Å². The lowest BCUT2D eigenvalue weighted by atomic mass is 10.0. The van der Waals surface area contributed by atoms with E-state index in [1.165, 1.54) is 0 Å². The van der Waals surface area contributed by atoms with Crippen molar-refractivity contribution in [2.24, 2.45) is 0 Å². The molecular formula is C15H23N3O3. The number of aromatic nitrogens is 1. The van der Waals surface area contributed by atoms with Crippen LogP contribution in [0.1, 0.15) is 43.2 Å². The number of nitrogens with two attached hydrogens (primary N) is 1. The van der Waals surface area contributed by atoms with Crippen molar-refractivity contribution in [2.75, 3.05) is 32.0 Å². The maximum Gasteiger partial charge on any atom is 0.270 e. The molecule has 2 aliphatic heterocycles. The Morgan fingerprint density at radius 1 is 1.29 bits per heavy atom. The van der Waals surface area contributed by atoms with E-state index in [0.717, 1.165) is 12.8 Å². The Hall–Kier alpha value is -1.53. The number of carbonyl (C=O) groups is 1. The Bertz CT molecular complexity index is 522. The molecule has 2 saturated heterocycles. The molecular weight excluding hydrogens is 270 g/mol. The van der Waals surface area contributed by atoms with Crippen molar-refractivity contribution in [2.45, 2.75) is 38.5 Å². The second kappa shape index (κ2) is 5.35. The highest BCUT2D eigenvalue weighted by atomic mass is 16.7. The van der Waals surface area contributed by atoms with Gasteiger partial charge >= 0.3 is 0 Å². The van der Waals surface area contributed by atoms with Gasteiger partial charge in [-0.05, 0) is 19.9 Å². The number of amides is 1. The summed E-state index contributed by atoms with van der Waals surface area (Å²) in [6, 6.07) is 1.97. The number of rotatable bonds is 2. The molecule has 2 fully saturated rings. The Morgan fingerprint density at radius 3 is 2.48 bits per heavy atom. The predicted molar refractivity (Wildman–Crippen MR) is 79.0 cm³/mol. The van der Waals surface area contributed by atoms with Gasteiger partial charge in [0.25, 0.3) is 5.91 Å². The summed E-state index contributed by atoms with van der Waals surface area (Å²) in [7, 11) is 0. The Morgan fingerprint density at radius 2 is 1.90 bits per heavy atom. The number of ether oxygens (including phenoxy) is 2. The highest BCUT2D eigenvalue weighted by molar-refractivity contribution is 5.94. The molecule has 0 bridgehead atoms. The van der Waals surface area contributed by atoms with Crippen molar-refractivity contribution >= 4 is 11.6 Å². The van der Waals surface area contributed by atoms with Gasteiger partial charge in [0.1, 0.15) is 5.69 Å². The summed E-state index contributed by atoms with van der Waals surface area (Å²) in [5.41, 5.74) is 7.13. The lowest BCUT2D eigenvalue weighted by Gasteiger charge is -2.37. The third kappa shape index (κ3) is 2.65. The van der Waals surface area contributed by atoms with Gasteiger partial charge in [0.05, 0.1) is 18.9 Å². The van der Waals surface area contributed by atoms with E-state index in [1.807, 2.05) is 29.5 Å². The van der Waals surface area contributed by atoms with Crippen LogP contribution in [0.3, 0.4) is 0 Å². The molecule has 0 aromatic carbocycles. The molecule has 2 N–H and O–H groups in total. The van der Waals surface area contributed by atoms with Crippen LogP contribution in [0.25, 0.3) is 0 Å². The van der Waals surface area contributed by atoms with E-state index in [2.05, 4.69) is 0 Å². The van der Waals surface area contributed by atoms with Gasteiger partial charge in [0, 0.05) is 38.2 Å². The lowest BCUT2D eigenvalue weighted by molar-refractivity contribution is -0.181. The first-order chi connectivity index (χ1) is 10.0. The molecule has 0 atom stereocenters. The summed E-state index contributed by atoms with van der Waals surface area (Å²) in [4.78, 5) is 14.6. The van der Waals surface area contributed by atoms with E-state index in [-0.39, 0.29) is 11.9 Å². The van der Waals surface area contributed by atoms with Gasteiger partial charge in [0.15, 0.2) is 5.79 Å². The fourth-order valence-electron chi connectivity index (χ4n) is 3.10. The van der Waals surface area contributed by atoms with Gasteiger partial charge in [0.2, 0.25) is 0 Å². The molecule has 0 unspecified atom stereocenters. The van der Waals surface area contributed by atoms with E-state index in [0.29, 0.717) is 37.7 Å². The minimum Gasteiger partial charge on any atom is -0.397 e. The molecule has 1 amide bonds. The van der Waals surface area contributed by atoms with Gasteiger partial charge in [-0.3, -0.25) is 4.79 Å². The van der Waals surface area contributed by atoms with Crippen molar-refractivity contribution < 1.29 is 14.3 Å². The molecule has 0 aliphatic carbocycles. The predicted octanol–water partition coefficient (Wildman–Crippen LogP) is 1.63. The van der Waals surface area contributed by atoms with Gasteiger partial charge < -0.3 is 24.7 Å². The summed E-state index contributed by atoms with van der Waals surface area (Å²) < 4.78 is 13.3. The van der Waals surface area contributed by atoms with E-state index < -0.39 is 5.79 Å². The summed E-state index contributed by atoms with van der Waals surface area (Å²) in [5, 5.41) is 0. The van der Waals surface area contributed by atoms with Gasteiger partial charge in [-0.25, -0.2) is 0 Å². The van der Waals surface area contributed by atoms with Gasteiger partial charge in [-0.15, -0.1) is 0 Å². The van der Waals surface area contributed by atoms with Crippen LogP contribution in [0.15, 0.2) is 12.3 Å². The van der Waals surface area contributed by atoms with Crippen LogP contribution in [0, 0.1) is 0 Å². The van der Waals surface area contributed by atoms with Crippen LogP contribution >= 0.6 is 0 Å². The largest absolute Gasteiger partial charge is 0.397 e. The number of piperidine rings is 1. The molecule has 21 heavy (non-hydrogen) atoms. The number of nitrogen functional groups attached to an aromatic ring is 1. The zero-order valence-corrected chi connectivity index (χ0v) is 12.7. The van der Waals surface area contributed by atoms with Crippen LogP contribution in [0.4, 0.5) is 5.69 Å². The van der Waals surface area contributed by atoms with Crippen LogP contribution in [0.5, 0.6) is 0 Å².